The normalized spacial score (nSPS) is 9.25. The number of aliphatic carboxylic acids is 1. The van der Waals surface area contributed by atoms with Crippen molar-refractivity contribution in [2.24, 2.45) is 0 Å². The van der Waals surface area contributed by atoms with E-state index in [-0.39, 0.29) is 4.99 Å². The number of anilines is 1. The maximum atomic E-state index is 10.7. The van der Waals surface area contributed by atoms with Crippen LogP contribution >= 0.6 is 12.2 Å². The average molecular weight is 239 g/mol. The van der Waals surface area contributed by atoms with Crippen molar-refractivity contribution in [2.45, 2.75) is 0 Å². The summed E-state index contributed by atoms with van der Waals surface area (Å²) in [5, 5.41) is 28.8. The van der Waals surface area contributed by atoms with Crippen LogP contribution in [0.25, 0.3) is 0 Å². The van der Waals surface area contributed by atoms with E-state index in [1.165, 1.54) is 0 Å². The number of benzene rings is 1. The molecule has 0 aliphatic rings. The summed E-state index contributed by atoms with van der Waals surface area (Å²) < 4.78 is 0. The molecule has 0 unspecified atom stereocenters. The largest absolute Gasteiger partial charge is 0.480 e. The van der Waals surface area contributed by atoms with Gasteiger partial charge in [-0.1, -0.05) is 30.4 Å². The molecule has 6 heteroatoms. The Balaban J connectivity index is 2.88. The SMILES string of the molecule is O=C(O)C(C(=S)Nc1ccccc1)=C(O)O. The Morgan fingerprint density at radius 1 is 1.12 bits per heavy atom. The number of aliphatic hydroxyl groups excluding tert-OH is 1. The van der Waals surface area contributed by atoms with Gasteiger partial charge in [0.1, 0.15) is 4.99 Å². The Labute approximate surface area is 96.7 Å². The number of thiocarbonyl (C=S) groups is 1. The lowest BCUT2D eigenvalue weighted by atomic mass is 10.2. The van der Waals surface area contributed by atoms with Crippen LogP contribution in [0.3, 0.4) is 0 Å². The van der Waals surface area contributed by atoms with Crippen molar-refractivity contribution in [3.8, 4) is 0 Å². The summed E-state index contributed by atoms with van der Waals surface area (Å²) in [6, 6.07) is 8.58. The number of rotatable bonds is 3. The monoisotopic (exact) mass is 239 g/mol. The molecule has 16 heavy (non-hydrogen) atoms. The number of hydrogen-bond acceptors (Lipinski definition) is 4. The number of carboxylic acid groups (broad SMARTS) is 1. The molecule has 0 radical (unpaired) electrons. The smallest absolute Gasteiger partial charge is 0.346 e. The van der Waals surface area contributed by atoms with E-state index in [0.29, 0.717) is 5.69 Å². The molecule has 0 heterocycles. The Bertz CT molecular complexity index is 437. The quantitative estimate of drug-likeness (QED) is 0.365. The van der Waals surface area contributed by atoms with Gasteiger partial charge < -0.3 is 20.6 Å². The molecule has 1 rings (SSSR count). The first-order valence-electron chi connectivity index (χ1n) is 4.24. The molecule has 0 aromatic heterocycles. The number of para-hydroxylation sites is 1. The van der Waals surface area contributed by atoms with Crippen LogP contribution in [0.15, 0.2) is 41.9 Å². The van der Waals surface area contributed by atoms with Gasteiger partial charge >= 0.3 is 5.97 Å². The molecule has 0 fully saturated rings. The Kier molecular flexibility index (Phi) is 3.84. The van der Waals surface area contributed by atoms with Crippen LogP contribution in [0, 0.1) is 0 Å². The minimum atomic E-state index is -1.51. The molecule has 0 bridgehead atoms. The molecule has 0 atom stereocenters. The average Bonchev–Trinajstić information content (AvgIpc) is 2.17. The highest BCUT2D eigenvalue weighted by Crippen LogP contribution is 2.10. The maximum absolute atomic E-state index is 10.7. The highest BCUT2D eigenvalue weighted by molar-refractivity contribution is 7.81. The zero-order chi connectivity index (χ0) is 12.1. The lowest BCUT2D eigenvalue weighted by Gasteiger charge is -2.07. The van der Waals surface area contributed by atoms with Crippen LogP contribution in [0.2, 0.25) is 0 Å². The maximum Gasteiger partial charge on any atom is 0.346 e. The molecule has 4 N–H and O–H groups in total. The summed E-state index contributed by atoms with van der Waals surface area (Å²) >= 11 is 4.74. The summed E-state index contributed by atoms with van der Waals surface area (Å²) in [4.78, 5) is 10.4. The molecule has 5 nitrogen and oxygen atoms in total. The van der Waals surface area contributed by atoms with E-state index in [1.807, 2.05) is 0 Å². The van der Waals surface area contributed by atoms with Gasteiger partial charge in [-0.2, -0.15) is 0 Å². The first kappa shape index (κ1) is 12.0. The predicted molar refractivity (Wildman–Crippen MR) is 62.6 cm³/mol. The van der Waals surface area contributed by atoms with Crippen molar-refractivity contribution in [1.29, 1.82) is 0 Å². The van der Waals surface area contributed by atoms with Crippen LogP contribution in [-0.2, 0) is 4.79 Å². The summed E-state index contributed by atoms with van der Waals surface area (Å²) in [6.45, 7) is 0. The third-order valence-electron chi connectivity index (χ3n) is 1.70. The van der Waals surface area contributed by atoms with Gasteiger partial charge in [-0.05, 0) is 12.1 Å². The third kappa shape index (κ3) is 2.96. The molecule has 0 aliphatic carbocycles. The fraction of sp³-hybridized carbons (Fsp3) is 0. The van der Waals surface area contributed by atoms with Crippen molar-refractivity contribution in [3.05, 3.63) is 41.9 Å². The molecule has 0 saturated carbocycles. The second kappa shape index (κ2) is 5.13. The van der Waals surface area contributed by atoms with Crippen LogP contribution in [0.5, 0.6) is 0 Å². The lowest BCUT2D eigenvalue weighted by molar-refractivity contribution is -0.132. The van der Waals surface area contributed by atoms with Gasteiger partial charge in [-0.15, -0.1) is 0 Å². The second-order valence-electron chi connectivity index (χ2n) is 2.82. The Morgan fingerprint density at radius 3 is 2.12 bits per heavy atom. The third-order valence-corrected chi connectivity index (χ3v) is 2.00. The van der Waals surface area contributed by atoms with Crippen molar-refractivity contribution >= 4 is 28.9 Å². The van der Waals surface area contributed by atoms with Crippen LogP contribution in [0.1, 0.15) is 0 Å². The van der Waals surface area contributed by atoms with E-state index >= 15 is 0 Å². The zero-order valence-electron chi connectivity index (χ0n) is 8.04. The summed E-state index contributed by atoms with van der Waals surface area (Å²) in [5.41, 5.74) is -0.175. The molecule has 0 aliphatic heterocycles. The van der Waals surface area contributed by atoms with Gasteiger partial charge in [-0.3, -0.25) is 0 Å². The first-order valence-corrected chi connectivity index (χ1v) is 4.65. The van der Waals surface area contributed by atoms with E-state index in [2.05, 4.69) is 5.32 Å². The van der Waals surface area contributed by atoms with E-state index in [4.69, 9.17) is 27.5 Å². The Morgan fingerprint density at radius 2 is 1.69 bits per heavy atom. The molecular formula is C10H9NO4S. The van der Waals surface area contributed by atoms with E-state index in [0.717, 1.165) is 0 Å². The molecule has 1 aromatic carbocycles. The highest BCUT2D eigenvalue weighted by atomic mass is 32.1. The predicted octanol–water partition coefficient (Wildman–Crippen LogP) is 1.84. The molecule has 0 spiro atoms. The molecule has 1 aromatic rings. The van der Waals surface area contributed by atoms with Crippen LogP contribution in [-0.4, -0.2) is 26.3 Å². The van der Waals surface area contributed by atoms with Gasteiger partial charge in [-0.25, -0.2) is 4.79 Å². The second-order valence-corrected chi connectivity index (χ2v) is 3.23. The van der Waals surface area contributed by atoms with Crippen LogP contribution in [0.4, 0.5) is 5.69 Å². The zero-order valence-corrected chi connectivity index (χ0v) is 8.86. The molecule has 84 valence electrons. The van der Waals surface area contributed by atoms with Gasteiger partial charge in [0.2, 0.25) is 0 Å². The van der Waals surface area contributed by atoms with E-state index < -0.39 is 17.5 Å². The van der Waals surface area contributed by atoms with E-state index in [9.17, 15) is 4.79 Å². The number of nitrogens with one attached hydrogen (secondary N) is 1. The summed E-state index contributed by atoms with van der Waals surface area (Å²) in [7, 11) is 0. The van der Waals surface area contributed by atoms with Gasteiger partial charge in [0, 0.05) is 5.69 Å². The summed E-state index contributed by atoms with van der Waals surface area (Å²) in [5.74, 6) is -2.82. The van der Waals surface area contributed by atoms with Gasteiger partial charge in [0.05, 0.1) is 0 Å². The lowest BCUT2D eigenvalue weighted by Crippen LogP contribution is -2.20. The molecule has 0 amide bonds. The topological polar surface area (TPSA) is 89.8 Å². The van der Waals surface area contributed by atoms with E-state index in [1.54, 1.807) is 30.3 Å². The number of carbonyl (C=O) groups is 1. The van der Waals surface area contributed by atoms with Gasteiger partial charge in [0.25, 0.3) is 5.95 Å². The Hall–Kier alpha value is -2.08. The van der Waals surface area contributed by atoms with Crippen molar-refractivity contribution < 1.29 is 20.1 Å². The number of carboxylic acids is 1. The minimum Gasteiger partial charge on any atom is -0.480 e. The van der Waals surface area contributed by atoms with Crippen molar-refractivity contribution in [3.63, 3.8) is 0 Å². The fourth-order valence-electron chi connectivity index (χ4n) is 1.01. The standard InChI is InChI=1S/C10H9NO4S/c12-9(13)7(10(14)15)8(16)11-6-4-2-1-3-5-6/h1-5,12-13H,(H,11,16)(H,14,15). The number of hydrogen-bond donors (Lipinski definition) is 4. The van der Waals surface area contributed by atoms with Crippen molar-refractivity contribution in [2.75, 3.05) is 5.32 Å². The summed E-state index contributed by atoms with van der Waals surface area (Å²) in [6.07, 6.45) is 0. The fourth-order valence-corrected chi connectivity index (χ4v) is 1.31. The first-order chi connectivity index (χ1) is 7.52. The van der Waals surface area contributed by atoms with Crippen LogP contribution < -0.4 is 5.32 Å². The minimum absolute atomic E-state index is 0.265. The highest BCUT2D eigenvalue weighted by Gasteiger charge is 2.19. The number of aliphatic hydroxyl groups is 2. The van der Waals surface area contributed by atoms with Gasteiger partial charge in [0.15, 0.2) is 5.57 Å². The van der Waals surface area contributed by atoms with Crippen molar-refractivity contribution in [1.82, 2.24) is 0 Å². The molecular weight excluding hydrogens is 230 g/mol. The molecule has 0 saturated heterocycles.